The van der Waals surface area contributed by atoms with E-state index >= 15 is 0 Å². The zero-order chi connectivity index (χ0) is 26.5. The lowest BCUT2D eigenvalue weighted by molar-refractivity contribution is 0.153. The van der Waals surface area contributed by atoms with Crippen molar-refractivity contribution in [1.29, 1.82) is 0 Å². The zero-order valence-electron chi connectivity index (χ0n) is 22.1. The molecule has 5 rings (SSSR count). The summed E-state index contributed by atoms with van der Waals surface area (Å²) < 4.78 is 7.51. The molecule has 4 aromatic rings. The fourth-order valence-corrected chi connectivity index (χ4v) is 4.99. The number of nitrogens with zero attached hydrogens (tertiary/aromatic N) is 6. The van der Waals surface area contributed by atoms with Gasteiger partial charge in [0, 0.05) is 39.1 Å². The number of pyridine rings is 1. The molecule has 0 saturated carbocycles. The zero-order valence-corrected chi connectivity index (χ0v) is 22.1. The molecule has 9 heteroatoms. The van der Waals surface area contributed by atoms with Gasteiger partial charge in [-0.1, -0.05) is 30.3 Å². The normalized spacial score (nSPS) is 14.8. The molecule has 9 nitrogen and oxygen atoms in total. The molecule has 0 fully saturated rings. The summed E-state index contributed by atoms with van der Waals surface area (Å²) in [6, 6.07) is 12.8. The highest BCUT2D eigenvalue weighted by Crippen LogP contribution is 2.34. The Labute approximate surface area is 222 Å². The number of hydrogen-bond acceptors (Lipinski definition) is 7. The van der Waals surface area contributed by atoms with Gasteiger partial charge in [-0.2, -0.15) is 0 Å². The molecule has 3 heterocycles. The lowest BCUT2D eigenvalue weighted by Crippen LogP contribution is -2.32. The highest BCUT2D eigenvalue weighted by Gasteiger charge is 2.28. The van der Waals surface area contributed by atoms with Crippen molar-refractivity contribution in [1.82, 2.24) is 34.7 Å². The molecule has 0 saturated heterocycles. The first-order valence-electron chi connectivity index (χ1n) is 12.9. The summed E-state index contributed by atoms with van der Waals surface area (Å²) in [5.41, 5.74) is 7.16. The van der Waals surface area contributed by atoms with Crippen LogP contribution in [0, 0.1) is 13.8 Å². The van der Waals surface area contributed by atoms with E-state index in [0.717, 1.165) is 37.9 Å². The van der Waals surface area contributed by atoms with E-state index in [2.05, 4.69) is 47.9 Å². The van der Waals surface area contributed by atoms with Crippen LogP contribution in [0.2, 0.25) is 0 Å². The SMILES string of the molecule is Cc1ncnc(C)c1OC(=O)NCc1ccc(CN(Cc2cncn2C)C2CCCc3cccnc32)cc1. The number of aryl methyl sites for hydroxylation is 4. The minimum atomic E-state index is -0.527. The van der Waals surface area contributed by atoms with Crippen molar-refractivity contribution in [2.45, 2.75) is 58.8 Å². The average molecular weight is 512 g/mol. The van der Waals surface area contributed by atoms with Crippen molar-refractivity contribution in [3.05, 3.63) is 101 Å². The lowest BCUT2D eigenvalue weighted by Gasteiger charge is -2.35. The van der Waals surface area contributed by atoms with Crippen molar-refractivity contribution >= 4 is 6.09 Å². The van der Waals surface area contributed by atoms with Crippen molar-refractivity contribution in [3.63, 3.8) is 0 Å². The molecule has 1 amide bonds. The van der Waals surface area contributed by atoms with Gasteiger partial charge in [-0.05, 0) is 55.9 Å². The Bertz CT molecular complexity index is 1380. The van der Waals surface area contributed by atoms with Crippen LogP contribution in [0.5, 0.6) is 5.75 Å². The molecule has 1 aliphatic carbocycles. The van der Waals surface area contributed by atoms with Gasteiger partial charge >= 0.3 is 6.09 Å². The van der Waals surface area contributed by atoms with Gasteiger partial charge in [-0.25, -0.2) is 19.7 Å². The standard InChI is InChI=1S/C29H33N7O2/c1-20-28(21(2)34-18-33-20)38-29(37)32-14-22-9-11-23(12-10-22)16-36(17-25-15-30-19-35(25)3)26-8-4-6-24-7-5-13-31-27(24)26/h5,7,9-13,15,18-19,26H,4,6,8,14,16-17H2,1-3H3,(H,32,37). The first-order chi connectivity index (χ1) is 18.5. The molecule has 1 unspecified atom stereocenters. The van der Waals surface area contributed by atoms with E-state index in [-0.39, 0.29) is 6.04 Å². The van der Waals surface area contributed by atoms with Crippen LogP contribution in [0.3, 0.4) is 0 Å². The molecule has 1 N–H and O–H groups in total. The highest BCUT2D eigenvalue weighted by molar-refractivity contribution is 5.70. The van der Waals surface area contributed by atoms with E-state index in [0.29, 0.717) is 23.7 Å². The lowest BCUT2D eigenvalue weighted by atomic mass is 9.90. The fourth-order valence-electron chi connectivity index (χ4n) is 4.99. The monoisotopic (exact) mass is 511 g/mol. The third kappa shape index (κ3) is 5.89. The molecule has 1 atom stereocenters. The quantitative estimate of drug-likeness (QED) is 0.369. The molecular formula is C29H33N7O2. The first kappa shape index (κ1) is 25.5. The minimum absolute atomic E-state index is 0.250. The van der Waals surface area contributed by atoms with Crippen molar-refractivity contribution in [3.8, 4) is 5.75 Å². The number of imidazole rings is 1. The summed E-state index contributed by atoms with van der Waals surface area (Å²) in [7, 11) is 2.04. The number of fused-ring (bicyclic) bond motifs is 1. The molecule has 1 aromatic carbocycles. The largest absolute Gasteiger partial charge is 0.412 e. The second-order valence-corrected chi connectivity index (χ2v) is 9.79. The minimum Gasteiger partial charge on any atom is -0.406 e. The molecule has 0 aliphatic heterocycles. The average Bonchev–Trinajstić information content (AvgIpc) is 3.33. The Hall–Kier alpha value is -4.11. The van der Waals surface area contributed by atoms with Gasteiger partial charge in [-0.3, -0.25) is 9.88 Å². The number of carbonyl (C=O) groups is 1. The van der Waals surface area contributed by atoms with Gasteiger partial charge in [0.05, 0.1) is 35.1 Å². The summed E-state index contributed by atoms with van der Waals surface area (Å²) >= 11 is 0. The van der Waals surface area contributed by atoms with E-state index in [1.54, 1.807) is 13.8 Å². The van der Waals surface area contributed by atoms with E-state index in [1.165, 1.54) is 28.8 Å². The highest BCUT2D eigenvalue weighted by atomic mass is 16.6. The van der Waals surface area contributed by atoms with Crippen LogP contribution in [-0.2, 0) is 33.1 Å². The third-order valence-corrected chi connectivity index (χ3v) is 7.09. The summed E-state index contributed by atoms with van der Waals surface area (Å²) in [6.07, 6.45) is 9.94. The molecule has 38 heavy (non-hydrogen) atoms. The number of aromatic nitrogens is 5. The number of carbonyl (C=O) groups excluding carboxylic acids is 1. The van der Waals surface area contributed by atoms with Crippen LogP contribution in [0.1, 0.15) is 58.3 Å². The van der Waals surface area contributed by atoms with Crippen LogP contribution in [0.25, 0.3) is 0 Å². The molecule has 196 valence electrons. The maximum Gasteiger partial charge on any atom is 0.412 e. The molecular weight excluding hydrogens is 478 g/mol. The van der Waals surface area contributed by atoms with E-state index in [4.69, 9.17) is 9.72 Å². The predicted octanol–water partition coefficient (Wildman–Crippen LogP) is 4.59. The Balaban J connectivity index is 1.26. The van der Waals surface area contributed by atoms with Crippen LogP contribution < -0.4 is 10.1 Å². The Morgan fingerprint density at radius 3 is 2.58 bits per heavy atom. The number of nitrogens with one attached hydrogen (secondary N) is 1. The number of benzene rings is 1. The van der Waals surface area contributed by atoms with Crippen LogP contribution in [0.15, 0.2) is 61.4 Å². The number of rotatable bonds is 8. The topological polar surface area (TPSA) is 98.1 Å². The van der Waals surface area contributed by atoms with Gasteiger partial charge in [0.2, 0.25) is 0 Å². The van der Waals surface area contributed by atoms with Gasteiger partial charge in [0.1, 0.15) is 6.33 Å². The maximum absolute atomic E-state index is 12.3. The summed E-state index contributed by atoms with van der Waals surface area (Å²) in [5.74, 6) is 0.396. The van der Waals surface area contributed by atoms with Crippen LogP contribution in [0.4, 0.5) is 4.79 Å². The smallest absolute Gasteiger partial charge is 0.406 e. The van der Waals surface area contributed by atoms with E-state index in [9.17, 15) is 4.79 Å². The number of ether oxygens (including phenoxy) is 1. The van der Waals surface area contributed by atoms with Gasteiger partial charge < -0.3 is 14.6 Å². The first-order valence-corrected chi connectivity index (χ1v) is 12.9. The predicted molar refractivity (Wildman–Crippen MR) is 143 cm³/mol. The van der Waals surface area contributed by atoms with E-state index in [1.807, 2.05) is 44.0 Å². The third-order valence-electron chi connectivity index (χ3n) is 7.09. The van der Waals surface area contributed by atoms with Crippen LogP contribution in [-0.4, -0.2) is 35.5 Å². The fraction of sp³-hybridized carbons (Fsp3) is 0.345. The molecule has 0 radical (unpaired) electrons. The molecule has 0 spiro atoms. The second-order valence-electron chi connectivity index (χ2n) is 9.79. The number of hydrogen-bond donors (Lipinski definition) is 1. The summed E-state index contributed by atoms with van der Waals surface area (Å²) in [5, 5.41) is 2.82. The number of amides is 1. The summed E-state index contributed by atoms with van der Waals surface area (Å²) in [4.78, 5) is 32.1. The Morgan fingerprint density at radius 1 is 1.08 bits per heavy atom. The summed E-state index contributed by atoms with van der Waals surface area (Å²) in [6.45, 7) is 5.51. The maximum atomic E-state index is 12.3. The van der Waals surface area contributed by atoms with Gasteiger partial charge in [-0.15, -0.1) is 0 Å². The Kier molecular flexibility index (Phi) is 7.74. The molecule has 3 aromatic heterocycles. The second kappa shape index (κ2) is 11.5. The Morgan fingerprint density at radius 2 is 1.84 bits per heavy atom. The van der Waals surface area contributed by atoms with Gasteiger partial charge in [0.25, 0.3) is 0 Å². The van der Waals surface area contributed by atoms with Gasteiger partial charge in [0.15, 0.2) is 5.75 Å². The van der Waals surface area contributed by atoms with E-state index < -0.39 is 6.09 Å². The van der Waals surface area contributed by atoms with Crippen molar-refractivity contribution in [2.24, 2.45) is 7.05 Å². The molecule has 1 aliphatic rings. The van der Waals surface area contributed by atoms with Crippen molar-refractivity contribution < 1.29 is 9.53 Å². The molecule has 0 bridgehead atoms. The van der Waals surface area contributed by atoms with Crippen molar-refractivity contribution in [2.75, 3.05) is 0 Å². The van der Waals surface area contributed by atoms with Crippen LogP contribution >= 0.6 is 0 Å².